The normalized spacial score (nSPS) is 10.9. The van der Waals surface area contributed by atoms with Crippen LogP contribution < -0.4 is 5.32 Å². The smallest absolute Gasteiger partial charge is 0.417 e. The van der Waals surface area contributed by atoms with Crippen molar-refractivity contribution in [2.75, 3.05) is 13.7 Å². The van der Waals surface area contributed by atoms with E-state index in [1.165, 1.54) is 12.1 Å². The molecule has 98 valence electrons. The fourth-order valence-electron chi connectivity index (χ4n) is 1.25. The van der Waals surface area contributed by atoms with Crippen LogP contribution in [-0.2, 0) is 15.7 Å². The molecule has 0 bridgehead atoms. The standard InChI is InChI=1S/C11H10F3NO3/c1-18-9(16)6-15-10(17)7-4-2-3-5-8(7)11(12,13)14/h2-5H,6H2,1H3,(H,15,17). The second-order valence-electron chi connectivity index (χ2n) is 3.30. The van der Waals surface area contributed by atoms with Crippen LogP contribution in [0.15, 0.2) is 24.3 Å². The summed E-state index contributed by atoms with van der Waals surface area (Å²) in [6.07, 6.45) is -4.63. The van der Waals surface area contributed by atoms with E-state index in [9.17, 15) is 22.8 Å². The maximum atomic E-state index is 12.6. The maximum Gasteiger partial charge on any atom is 0.417 e. The molecular weight excluding hydrogens is 251 g/mol. The van der Waals surface area contributed by atoms with Gasteiger partial charge in [0, 0.05) is 0 Å². The van der Waals surface area contributed by atoms with Gasteiger partial charge in [0.25, 0.3) is 5.91 Å². The zero-order valence-corrected chi connectivity index (χ0v) is 9.38. The van der Waals surface area contributed by atoms with Crippen molar-refractivity contribution in [1.29, 1.82) is 0 Å². The topological polar surface area (TPSA) is 55.4 Å². The lowest BCUT2D eigenvalue weighted by molar-refractivity contribution is -0.139. The third-order valence-electron chi connectivity index (χ3n) is 2.10. The highest BCUT2D eigenvalue weighted by atomic mass is 19.4. The number of esters is 1. The van der Waals surface area contributed by atoms with Gasteiger partial charge >= 0.3 is 12.1 Å². The SMILES string of the molecule is COC(=O)CNC(=O)c1ccccc1C(F)(F)F. The van der Waals surface area contributed by atoms with E-state index >= 15 is 0 Å². The Morgan fingerprint density at radius 1 is 1.28 bits per heavy atom. The lowest BCUT2D eigenvalue weighted by Gasteiger charge is -2.12. The van der Waals surface area contributed by atoms with Crippen LogP contribution >= 0.6 is 0 Å². The Bertz CT molecular complexity index is 457. The number of amides is 1. The van der Waals surface area contributed by atoms with Crippen LogP contribution in [-0.4, -0.2) is 25.5 Å². The minimum Gasteiger partial charge on any atom is -0.468 e. The molecule has 0 aliphatic carbocycles. The van der Waals surface area contributed by atoms with Crippen LogP contribution in [0.25, 0.3) is 0 Å². The van der Waals surface area contributed by atoms with Crippen molar-refractivity contribution in [2.24, 2.45) is 0 Å². The number of nitrogens with one attached hydrogen (secondary N) is 1. The van der Waals surface area contributed by atoms with Crippen LogP contribution in [0.1, 0.15) is 15.9 Å². The molecule has 0 spiro atoms. The summed E-state index contributed by atoms with van der Waals surface area (Å²) in [5, 5.41) is 2.05. The summed E-state index contributed by atoms with van der Waals surface area (Å²) in [4.78, 5) is 22.3. The molecule has 0 aliphatic rings. The Morgan fingerprint density at radius 2 is 1.89 bits per heavy atom. The Kier molecular flexibility index (Phi) is 4.30. The van der Waals surface area contributed by atoms with Crippen LogP contribution in [0.4, 0.5) is 13.2 Å². The number of hydrogen-bond donors (Lipinski definition) is 1. The summed E-state index contributed by atoms with van der Waals surface area (Å²) < 4.78 is 42.1. The van der Waals surface area contributed by atoms with E-state index in [4.69, 9.17) is 0 Å². The van der Waals surface area contributed by atoms with Crippen molar-refractivity contribution in [3.63, 3.8) is 0 Å². The Labute approximate surface area is 101 Å². The van der Waals surface area contributed by atoms with Crippen molar-refractivity contribution in [3.05, 3.63) is 35.4 Å². The van der Waals surface area contributed by atoms with Gasteiger partial charge in [0.2, 0.25) is 0 Å². The van der Waals surface area contributed by atoms with E-state index in [2.05, 4.69) is 4.74 Å². The molecule has 0 unspecified atom stereocenters. The third-order valence-corrected chi connectivity index (χ3v) is 2.10. The predicted molar refractivity (Wildman–Crippen MR) is 55.8 cm³/mol. The number of carbonyl (C=O) groups is 2. The molecule has 1 aromatic carbocycles. The number of ether oxygens (including phenoxy) is 1. The molecule has 1 amide bonds. The zero-order valence-electron chi connectivity index (χ0n) is 9.38. The maximum absolute atomic E-state index is 12.6. The van der Waals surface area contributed by atoms with Crippen molar-refractivity contribution < 1.29 is 27.5 Å². The fourth-order valence-corrected chi connectivity index (χ4v) is 1.25. The molecule has 0 aromatic heterocycles. The molecule has 0 saturated carbocycles. The molecule has 4 nitrogen and oxygen atoms in total. The lowest BCUT2D eigenvalue weighted by Crippen LogP contribution is -2.31. The molecule has 0 atom stereocenters. The molecular formula is C11H10F3NO3. The number of benzene rings is 1. The number of hydrogen-bond acceptors (Lipinski definition) is 3. The first-order valence-corrected chi connectivity index (χ1v) is 4.87. The average Bonchev–Trinajstić information content (AvgIpc) is 2.34. The summed E-state index contributed by atoms with van der Waals surface area (Å²) in [7, 11) is 1.11. The molecule has 0 aliphatic heterocycles. The second kappa shape index (κ2) is 5.52. The highest BCUT2D eigenvalue weighted by Gasteiger charge is 2.34. The monoisotopic (exact) mass is 261 g/mol. The summed E-state index contributed by atoms with van der Waals surface area (Å²) in [6, 6.07) is 4.32. The van der Waals surface area contributed by atoms with Crippen molar-refractivity contribution >= 4 is 11.9 Å². The minimum absolute atomic E-state index is 0.485. The molecule has 1 aromatic rings. The largest absolute Gasteiger partial charge is 0.468 e. The Morgan fingerprint density at radius 3 is 2.44 bits per heavy atom. The molecule has 1 N–H and O–H groups in total. The van der Waals surface area contributed by atoms with Crippen LogP contribution in [0.5, 0.6) is 0 Å². The number of methoxy groups -OCH3 is 1. The molecule has 0 radical (unpaired) electrons. The molecule has 1 rings (SSSR count). The first kappa shape index (κ1) is 14.0. The van der Waals surface area contributed by atoms with Crippen molar-refractivity contribution in [3.8, 4) is 0 Å². The summed E-state index contributed by atoms with van der Waals surface area (Å²) >= 11 is 0. The van der Waals surface area contributed by atoms with E-state index < -0.39 is 35.7 Å². The zero-order chi connectivity index (χ0) is 13.8. The molecule has 7 heteroatoms. The number of carbonyl (C=O) groups excluding carboxylic acids is 2. The van der Waals surface area contributed by atoms with Gasteiger partial charge in [-0.05, 0) is 12.1 Å². The van der Waals surface area contributed by atoms with Gasteiger partial charge in [-0.2, -0.15) is 13.2 Å². The van der Waals surface area contributed by atoms with E-state index in [0.717, 1.165) is 19.2 Å². The predicted octanol–water partition coefficient (Wildman–Crippen LogP) is 1.61. The van der Waals surface area contributed by atoms with E-state index in [-0.39, 0.29) is 0 Å². The van der Waals surface area contributed by atoms with Gasteiger partial charge < -0.3 is 10.1 Å². The minimum atomic E-state index is -4.63. The highest BCUT2D eigenvalue weighted by Crippen LogP contribution is 2.31. The number of halogens is 3. The first-order valence-electron chi connectivity index (χ1n) is 4.87. The van der Waals surface area contributed by atoms with Gasteiger partial charge in [0.15, 0.2) is 0 Å². The van der Waals surface area contributed by atoms with E-state index in [1.807, 2.05) is 5.32 Å². The van der Waals surface area contributed by atoms with Gasteiger partial charge in [0.05, 0.1) is 18.2 Å². The number of rotatable bonds is 3. The van der Waals surface area contributed by atoms with Crippen LogP contribution in [0, 0.1) is 0 Å². The Balaban J connectivity index is 2.89. The molecule has 18 heavy (non-hydrogen) atoms. The van der Waals surface area contributed by atoms with E-state index in [1.54, 1.807) is 0 Å². The summed E-state index contributed by atoms with van der Waals surface area (Å²) in [5.74, 6) is -1.72. The van der Waals surface area contributed by atoms with Crippen LogP contribution in [0.2, 0.25) is 0 Å². The van der Waals surface area contributed by atoms with Crippen molar-refractivity contribution in [2.45, 2.75) is 6.18 Å². The summed E-state index contributed by atoms with van der Waals surface area (Å²) in [6.45, 7) is -0.485. The second-order valence-corrected chi connectivity index (χ2v) is 3.30. The quantitative estimate of drug-likeness (QED) is 0.841. The lowest BCUT2D eigenvalue weighted by atomic mass is 10.1. The molecule has 0 fully saturated rings. The third kappa shape index (κ3) is 3.47. The highest BCUT2D eigenvalue weighted by molar-refractivity contribution is 5.97. The van der Waals surface area contributed by atoms with Crippen LogP contribution in [0.3, 0.4) is 0 Å². The van der Waals surface area contributed by atoms with Gasteiger partial charge in [-0.1, -0.05) is 12.1 Å². The Hall–Kier alpha value is -2.05. The van der Waals surface area contributed by atoms with Crippen molar-refractivity contribution in [1.82, 2.24) is 5.32 Å². The van der Waals surface area contributed by atoms with Gasteiger partial charge in [-0.25, -0.2) is 0 Å². The summed E-state index contributed by atoms with van der Waals surface area (Å²) in [5.41, 5.74) is -1.58. The van der Waals surface area contributed by atoms with Gasteiger partial charge in [0.1, 0.15) is 6.54 Å². The number of alkyl halides is 3. The van der Waals surface area contributed by atoms with Gasteiger partial charge in [-0.3, -0.25) is 9.59 Å². The first-order chi connectivity index (χ1) is 8.36. The van der Waals surface area contributed by atoms with E-state index in [0.29, 0.717) is 0 Å². The molecule has 0 saturated heterocycles. The van der Waals surface area contributed by atoms with Gasteiger partial charge in [-0.15, -0.1) is 0 Å². The molecule has 0 heterocycles. The average molecular weight is 261 g/mol. The fraction of sp³-hybridized carbons (Fsp3) is 0.273.